The Labute approximate surface area is 153 Å². The molecule has 132 valence electrons. The van der Waals surface area contributed by atoms with Gasteiger partial charge in [0.05, 0.1) is 12.1 Å². The molecule has 0 saturated heterocycles. The first kappa shape index (κ1) is 17.8. The number of rotatable bonds is 7. The van der Waals surface area contributed by atoms with Crippen LogP contribution >= 0.6 is 22.9 Å². The number of anilines is 1. The Hall–Kier alpha value is -1.96. The lowest BCUT2D eigenvalue weighted by atomic mass is 10.2. The number of thiophene rings is 1. The van der Waals surface area contributed by atoms with E-state index in [0.717, 1.165) is 12.8 Å². The summed E-state index contributed by atoms with van der Waals surface area (Å²) in [5.74, 6) is -1.24. The lowest BCUT2D eigenvalue weighted by molar-refractivity contribution is -0.117. The standard InChI is InChI=1S/C17H17ClFN3O2S/c18-13-2-1-3-14(19)12(13)8-22(10-4-5-10)9-15(23)21-17-11(16(20)24)6-7-25-17/h1-3,6-7,10H,4-5,8-9H2,(H2,20,24)(H,21,23). The van der Waals surface area contributed by atoms with E-state index in [1.807, 2.05) is 4.90 Å². The highest BCUT2D eigenvalue weighted by atomic mass is 35.5. The van der Waals surface area contributed by atoms with Gasteiger partial charge < -0.3 is 11.1 Å². The Morgan fingerprint density at radius 2 is 2.12 bits per heavy atom. The number of amides is 2. The number of primary amides is 1. The molecule has 3 N–H and O–H groups in total. The SMILES string of the molecule is NC(=O)c1ccsc1NC(=O)CN(Cc1c(F)cccc1Cl)C1CC1. The number of benzene rings is 1. The van der Waals surface area contributed by atoms with E-state index in [0.29, 0.717) is 15.6 Å². The van der Waals surface area contributed by atoms with Crippen molar-refractivity contribution in [1.82, 2.24) is 4.90 Å². The first-order valence-electron chi connectivity index (χ1n) is 7.79. The Morgan fingerprint density at radius 1 is 1.36 bits per heavy atom. The Balaban J connectivity index is 1.69. The number of nitrogens with one attached hydrogen (secondary N) is 1. The molecule has 1 aromatic heterocycles. The van der Waals surface area contributed by atoms with Crippen molar-refractivity contribution in [1.29, 1.82) is 0 Å². The Kier molecular flexibility index (Phi) is 5.36. The van der Waals surface area contributed by atoms with Gasteiger partial charge in [-0.05, 0) is 36.4 Å². The zero-order chi connectivity index (χ0) is 18.0. The summed E-state index contributed by atoms with van der Waals surface area (Å²) in [6.07, 6.45) is 1.93. The summed E-state index contributed by atoms with van der Waals surface area (Å²) in [6, 6.07) is 6.35. The summed E-state index contributed by atoms with van der Waals surface area (Å²) in [7, 11) is 0. The molecule has 5 nitrogen and oxygen atoms in total. The zero-order valence-corrected chi connectivity index (χ0v) is 14.9. The topological polar surface area (TPSA) is 75.4 Å². The second kappa shape index (κ2) is 7.51. The first-order valence-corrected chi connectivity index (χ1v) is 9.05. The monoisotopic (exact) mass is 381 g/mol. The second-order valence-electron chi connectivity index (χ2n) is 5.91. The van der Waals surface area contributed by atoms with E-state index in [1.54, 1.807) is 23.6 Å². The molecule has 1 heterocycles. The van der Waals surface area contributed by atoms with Gasteiger partial charge in [-0.15, -0.1) is 11.3 Å². The molecule has 1 aliphatic rings. The van der Waals surface area contributed by atoms with Crippen LogP contribution in [-0.2, 0) is 11.3 Å². The number of hydrogen-bond acceptors (Lipinski definition) is 4. The Bertz CT molecular complexity index is 787. The molecule has 1 saturated carbocycles. The van der Waals surface area contributed by atoms with Crippen LogP contribution in [0.4, 0.5) is 9.39 Å². The maximum atomic E-state index is 14.0. The number of halogens is 2. The molecule has 1 fully saturated rings. The zero-order valence-electron chi connectivity index (χ0n) is 13.3. The van der Waals surface area contributed by atoms with Crippen molar-refractivity contribution in [3.63, 3.8) is 0 Å². The average Bonchev–Trinajstić information content (AvgIpc) is 3.29. The molecule has 2 aromatic rings. The molecule has 1 aromatic carbocycles. The molecule has 3 rings (SSSR count). The molecule has 0 spiro atoms. The maximum absolute atomic E-state index is 14.0. The fourth-order valence-electron chi connectivity index (χ4n) is 2.59. The van der Waals surface area contributed by atoms with Gasteiger partial charge in [0, 0.05) is 23.2 Å². The van der Waals surface area contributed by atoms with Crippen molar-refractivity contribution < 1.29 is 14.0 Å². The van der Waals surface area contributed by atoms with Crippen LogP contribution in [0.25, 0.3) is 0 Å². The molecule has 1 aliphatic carbocycles. The van der Waals surface area contributed by atoms with Gasteiger partial charge >= 0.3 is 0 Å². The third kappa shape index (κ3) is 4.36. The van der Waals surface area contributed by atoms with E-state index in [2.05, 4.69) is 5.32 Å². The van der Waals surface area contributed by atoms with Crippen molar-refractivity contribution in [2.45, 2.75) is 25.4 Å². The molecule has 0 unspecified atom stereocenters. The van der Waals surface area contributed by atoms with Gasteiger partial charge in [0.1, 0.15) is 10.8 Å². The van der Waals surface area contributed by atoms with Crippen LogP contribution in [0.2, 0.25) is 5.02 Å². The molecule has 25 heavy (non-hydrogen) atoms. The van der Waals surface area contributed by atoms with Crippen molar-refractivity contribution >= 4 is 39.8 Å². The smallest absolute Gasteiger partial charge is 0.251 e. The van der Waals surface area contributed by atoms with Gasteiger partial charge in [0.2, 0.25) is 5.91 Å². The third-order valence-electron chi connectivity index (χ3n) is 4.02. The van der Waals surface area contributed by atoms with E-state index < -0.39 is 5.91 Å². The molecular weight excluding hydrogens is 365 g/mol. The van der Waals surface area contributed by atoms with Crippen LogP contribution in [0.15, 0.2) is 29.6 Å². The molecule has 8 heteroatoms. The predicted octanol–water partition coefficient (Wildman–Crippen LogP) is 3.24. The minimum absolute atomic E-state index is 0.0887. The van der Waals surface area contributed by atoms with Crippen LogP contribution < -0.4 is 11.1 Å². The van der Waals surface area contributed by atoms with Gasteiger partial charge in [-0.2, -0.15) is 0 Å². The van der Waals surface area contributed by atoms with Crippen molar-refractivity contribution in [3.8, 4) is 0 Å². The molecule has 0 aliphatic heterocycles. The Morgan fingerprint density at radius 3 is 2.76 bits per heavy atom. The average molecular weight is 382 g/mol. The highest BCUT2D eigenvalue weighted by molar-refractivity contribution is 7.14. The van der Waals surface area contributed by atoms with Gasteiger partial charge in [-0.25, -0.2) is 4.39 Å². The van der Waals surface area contributed by atoms with E-state index in [1.165, 1.54) is 17.4 Å². The van der Waals surface area contributed by atoms with Crippen molar-refractivity contribution in [2.75, 3.05) is 11.9 Å². The molecule has 0 atom stereocenters. The fraction of sp³-hybridized carbons (Fsp3) is 0.294. The number of carbonyl (C=O) groups is 2. The van der Waals surface area contributed by atoms with Crippen molar-refractivity contribution in [2.24, 2.45) is 5.73 Å². The quantitative estimate of drug-likeness (QED) is 0.773. The highest BCUT2D eigenvalue weighted by Gasteiger charge is 2.31. The molecule has 2 amide bonds. The minimum Gasteiger partial charge on any atom is -0.366 e. The highest BCUT2D eigenvalue weighted by Crippen LogP contribution is 2.31. The van der Waals surface area contributed by atoms with Gasteiger partial charge in [-0.1, -0.05) is 17.7 Å². The van der Waals surface area contributed by atoms with Crippen LogP contribution in [0, 0.1) is 5.82 Å². The molecule has 0 radical (unpaired) electrons. The van der Waals surface area contributed by atoms with Crippen LogP contribution in [0.1, 0.15) is 28.8 Å². The largest absolute Gasteiger partial charge is 0.366 e. The summed E-state index contributed by atoms with van der Waals surface area (Å²) in [5, 5.41) is 5.17. The minimum atomic E-state index is -0.589. The summed E-state index contributed by atoms with van der Waals surface area (Å²) in [5.41, 5.74) is 5.95. The van der Waals surface area contributed by atoms with Gasteiger partial charge in [0.25, 0.3) is 5.91 Å². The fourth-order valence-corrected chi connectivity index (χ4v) is 3.62. The molecular formula is C17H17ClFN3O2S. The summed E-state index contributed by atoms with van der Waals surface area (Å²) in [6.45, 7) is 0.349. The van der Waals surface area contributed by atoms with E-state index in [4.69, 9.17) is 17.3 Å². The van der Waals surface area contributed by atoms with Crippen LogP contribution in [0.5, 0.6) is 0 Å². The summed E-state index contributed by atoms with van der Waals surface area (Å²) < 4.78 is 14.0. The molecule has 0 bridgehead atoms. The van der Waals surface area contributed by atoms with Gasteiger partial charge in [-0.3, -0.25) is 14.5 Å². The lowest BCUT2D eigenvalue weighted by Crippen LogP contribution is -2.35. The number of nitrogens with zero attached hydrogens (tertiary/aromatic N) is 1. The van der Waals surface area contributed by atoms with Crippen molar-refractivity contribution in [3.05, 3.63) is 51.6 Å². The van der Waals surface area contributed by atoms with Crippen LogP contribution in [0.3, 0.4) is 0 Å². The van der Waals surface area contributed by atoms with Crippen LogP contribution in [-0.4, -0.2) is 29.3 Å². The summed E-state index contributed by atoms with van der Waals surface area (Å²) in [4.78, 5) is 25.6. The van der Waals surface area contributed by atoms with E-state index in [9.17, 15) is 14.0 Å². The predicted molar refractivity (Wildman–Crippen MR) is 96.3 cm³/mol. The van der Waals surface area contributed by atoms with E-state index >= 15 is 0 Å². The second-order valence-corrected chi connectivity index (χ2v) is 7.24. The number of nitrogens with two attached hydrogens (primary N) is 1. The van der Waals surface area contributed by atoms with E-state index in [-0.39, 0.29) is 36.4 Å². The normalized spacial score (nSPS) is 13.9. The first-order chi connectivity index (χ1) is 12.0. The number of hydrogen-bond donors (Lipinski definition) is 2. The number of carbonyl (C=O) groups excluding carboxylic acids is 2. The van der Waals surface area contributed by atoms with Gasteiger partial charge in [0.15, 0.2) is 0 Å². The maximum Gasteiger partial charge on any atom is 0.251 e. The summed E-state index contributed by atoms with van der Waals surface area (Å²) >= 11 is 7.32. The third-order valence-corrected chi connectivity index (χ3v) is 5.20. The lowest BCUT2D eigenvalue weighted by Gasteiger charge is -2.22.